The van der Waals surface area contributed by atoms with Crippen molar-refractivity contribution in [2.45, 2.75) is 26.7 Å². The van der Waals surface area contributed by atoms with E-state index in [1.54, 1.807) is 29.1 Å². The molecule has 2 aromatic rings. The lowest BCUT2D eigenvalue weighted by Crippen LogP contribution is -2.41. The molecule has 0 saturated carbocycles. The van der Waals surface area contributed by atoms with Crippen molar-refractivity contribution >= 4 is 36.4 Å². The number of aromatic nitrogens is 2. The SMILES string of the molecule is CCC(CC)(CN)C(=O)Nc1ccc(-n2ccnc2)c(F)c1.Cl.Cl. The molecular weight excluding hydrogens is 354 g/mol. The van der Waals surface area contributed by atoms with Crippen molar-refractivity contribution in [3.05, 3.63) is 42.7 Å². The first kappa shape index (κ1) is 22.4. The molecule has 0 unspecified atom stereocenters. The summed E-state index contributed by atoms with van der Waals surface area (Å²) in [6, 6.07) is 4.58. The van der Waals surface area contributed by atoms with E-state index in [0.717, 1.165) is 0 Å². The highest BCUT2D eigenvalue weighted by molar-refractivity contribution is 5.95. The molecule has 3 N–H and O–H groups in total. The van der Waals surface area contributed by atoms with E-state index in [-0.39, 0.29) is 37.3 Å². The zero-order valence-electron chi connectivity index (χ0n) is 13.7. The standard InChI is InChI=1S/C16H21FN4O.2ClH/c1-3-16(4-2,10-18)15(22)20-12-5-6-14(13(17)9-12)21-8-7-19-11-21;;/h5-9,11H,3-4,10,18H2,1-2H3,(H,20,22);2*1H. The number of imidazole rings is 1. The van der Waals surface area contributed by atoms with Gasteiger partial charge in [0, 0.05) is 24.6 Å². The molecular formula is C16H23Cl2FN4O. The number of nitrogens with zero attached hydrogens (tertiary/aromatic N) is 2. The maximum absolute atomic E-state index is 14.2. The minimum atomic E-state index is -0.612. The Balaban J connectivity index is 0.00000264. The summed E-state index contributed by atoms with van der Waals surface area (Å²) >= 11 is 0. The number of carbonyl (C=O) groups excluding carboxylic acids is 1. The van der Waals surface area contributed by atoms with Crippen molar-refractivity contribution in [3.8, 4) is 5.69 Å². The maximum atomic E-state index is 14.2. The fourth-order valence-corrected chi connectivity index (χ4v) is 2.41. The molecule has 0 aliphatic heterocycles. The van der Waals surface area contributed by atoms with Gasteiger partial charge in [-0.15, -0.1) is 24.8 Å². The van der Waals surface area contributed by atoms with Crippen LogP contribution in [0.15, 0.2) is 36.9 Å². The Bertz CT molecular complexity index is 637. The third-order valence-electron chi connectivity index (χ3n) is 4.21. The second-order valence-corrected chi connectivity index (χ2v) is 5.28. The molecule has 134 valence electrons. The van der Waals surface area contributed by atoms with Crippen LogP contribution >= 0.6 is 24.8 Å². The monoisotopic (exact) mass is 376 g/mol. The molecule has 1 heterocycles. The molecule has 0 aliphatic carbocycles. The minimum Gasteiger partial charge on any atom is -0.329 e. The van der Waals surface area contributed by atoms with Gasteiger partial charge in [-0.25, -0.2) is 9.37 Å². The first-order valence-corrected chi connectivity index (χ1v) is 7.35. The van der Waals surface area contributed by atoms with E-state index in [4.69, 9.17) is 5.73 Å². The third kappa shape index (κ3) is 4.47. The molecule has 8 heteroatoms. The average molecular weight is 377 g/mol. The number of hydrogen-bond donors (Lipinski definition) is 2. The second-order valence-electron chi connectivity index (χ2n) is 5.28. The molecule has 24 heavy (non-hydrogen) atoms. The summed E-state index contributed by atoms with van der Waals surface area (Å²) in [6.07, 6.45) is 6.03. The lowest BCUT2D eigenvalue weighted by Gasteiger charge is -2.28. The lowest BCUT2D eigenvalue weighted by molar-refractivity contribution is -0.125. The van der Waals surface area contributed by atoms with Crippen molar-refractivity contribution in [1.82, 2.24) is 9.55 Å². The largest absolute Gasteiger partial charge is 0.329 e. The normalized spacial score (nSPS) is 10.5. The molecule has 0 atom stereocenters. The highest BCUT2D eigenvalue weighted by atomic mass is 35.5. The van der Waals surface area contributed by atoms with Crippen LogP contribution in [0.1, 0.15) is 26.7 Å². The number of nitrogens with one attached hydrogen (secondary N) is 1. The van der Waals surface area contributed by atoms with Gasteiger partial charge in [-0.1, -0.05) is 13.8 Å². The van der Waals surface area contributed by atoms with Crippen molar-refractivity contribution in [2.24, 2.45) is 11.1 Å². The molecule has 0 spiro atoms. The van der Waals surface area contributed by atoms with E-state index < -0.39 is 11.2 Å². The van der Waals surface area contributed by atoms with Gasteiger partial charge in [0.2, 0.25) is 5.91 Å². The van der Waals surface area contributed by atoms with Crippen molar-refractivity contribution in [1.29, 1.82) is 0 Å². The van der Waals surface area contributed by atoms with Crippen LogP contribution in [0.4, 0.5) is 10.1 Å². The Kier molecular flexibility index (Phi) is 8.96. The molecule has 0 aliphatic rings. The number of carbonyl (C=O) groups is 1. The van der Waals surface area contributed by atoms with Gasteiger partial charge < -0.3 is 15.6 Å². The van der Waals surface area contributed by atoms with Crippen molar-refractivity contribution < 1.29 is 9.18 Å². The van der Waals surface area contributed by atoms with E-state index in [2.05, 4.69) is 10.3 Å². The van der Waals surface area contributed by atoms with Crippen molar-refractivity contribution in [2.75, 3.05) is 11.9 Å². The Morgan fingerprint density at radius 1 is 1.33 bits per heavy atom. The number of amides is 1. The number of rotatable bonds is 6. The minimum absolute atomic E-state index is 0. The highest BCUT2D eigenvalue weighted by Crippen LogP contribution is 2.27. The number of anilines is 1. The first-order chi connectivity index (χ1) is 10.6. The number of hydrogen-bond acceptors (Lipinski definition) is 3. The Labute approximate surface area is 153 Å². The van der Waals surface area contributed by atoms with Crippen LogP contribution in [0.25, 0.3) is 5.69 Å². The second kappa shape index (κ2) is 9.61. The van der Waals surface area contributed by atoms with Crippen molar-refractivity contribution in [3.63, 3.8) is 0 Å². The van der Waals surface area contributed by atoms with Crippen LogP contribution in [0.2, 0.25) is 0 Å². The Morgan fingerprint density at radius 2 is 2.00 bits per heavy atom. The van der Waals surface area contributed by atoms with Crippen LogP contribution in [-0.2, 0) is 4.79 Å². The summed E-state index contributed by atoms with van der Waals surface area (Å²) in [7, 11) is 0. The molecule has 5 nitrogen and oxygen atoms in total. The van der Waals surface area contributed by atoms with E-state index >= 15 is 0 Å². The summed E-state index contributed by atoms with van der Waals surface area (Å²) in [5.41, 5.74) is 5.95. The quantitative estimate of drug-likeness (QED) is 0.809. The number of benzene rings is 1. The van der Waals surface area contributed by atoms with Gasteiger partial charge in [0.1, 0.15) is 5.82 Å². The van der Waals surface area contributed by atoms with E-state index in [1.165, 1.54) is 12.4 Å². The van der Waals surface area contributed by atoms with Gasteiger partial charge in [-0.2, -0.15) is 0 Å². The van der Waals surface area contributed by atoms with Gasteiger partial charge in [0.05, 0.1) is 17.4 Å². The van der Waals surface area contributed by atoms with Crippen LogP contribution in [0.3, 0.4) is 0 Å². The van der Waals surface area contributed by atoms with Crippen LogP contribution in [-0.4, -0.2) is 22.0 Å². The molecule has 2 rings (SSSR count). The fraction of sp³-hybridized carbons (Fsp3) is 0.375. The maximum Gasteiger partial charge on any atom is 0.231 e. The summed E-state index contributed by atoms with van der Waals surface area (Å²) in [6.45, 7) is 4.12. The predicted octanol–water partition coefficient (Wildman–Crippen LogP) is 3.56. The molecule has 1 amide bonds. The van der Waals surface area contributed by atoms with Gasteiger partial charge in [-0.05, 0) is 31.0 Å². The van der Waals surface area contributed by atoms with Gasteiger partial charge in [-0.3, -0.25) is 4.79 Å². The summed E-state index contributed by atoms with van der Waals surface area (Å²) in [5.74, 6) is -0.600. The third-order valence-corrected chi connectivity index (χ3v) is 4.21. The average Bonchev–Trinajstić information content (AvgIpc) is 3.04. The topological polar surface area (TPSA) is 72.9 Å². The molecule has 0 radical (unpaired) electrons. The molecule has 1 aromatic heterocycles. The zero-order valence-corrected chi connectivity index (χ0v) is 15.3. The molecule has 1 aromatic carbocycles. The van der Waals surface area contributed by atoms with E-state index in [1.807, 2.05) is 13.8 Å². The molecule has 0 saturated heterocycles. The van der Waals surface area contributed by atoms with Crippen LogP contribution in [0, 0.1) is 11.2 Å². The van der Waals surface area contributed by atoms with Crippen LogP contribution in [0.5, 0.6) is 0 Å². The highest BCUT2D eigenvalue weighted by Gasteiger charge is 2.33. The fourth-order valence-electron chi connectivity index (χ4n) is 2.41. The number of halogens is 3. The van der Waals surface area contributed by atoms with E-state index in [0.29, 0.717) is 24.2 Å². The smallest absolute Gasteiger partial charge is 0.231 e. The predicted molar refractivity (Wildman–Crippen MR) is 98.7 cm³/mol. The number of nitrogens with two attached hydrogens (primary N) is 1. The summed E-state index contributed by atoms with van der Waals surface area (Å²) < 4.78 is 15.8. The summed E-state index contributed by atoms with van der Waals surface area (Å²) in [5, 5.41) is 2.77. The molecule has 0 bridgehead atoms. The first-order valence-electron chi connectivity index (χ1n) is 7.35. The zero-order chi connectivity index (χ0) is 16.2. The Morgan fingerprint density at radius 3 is 2.46 bits per heavy atom. The lowest BCUT2D eigenvalue weighted by atomic mass is 9.81. The van der Waals surface area contributed by atoms with Gasteiger partial charge >= 0.3 is 0 Å². The van der Waals surface area contributed by atoms with Gasteiger partial charge in [0.25, 0.3) is 0 Å². The van der Waals surface area contributed by atoms with Crippen LogP contribution < -0.4 is 11.1 Å². The molecule has 0 fully saturated rings. The van der Waals surface area contributed by atoms with Gasteiger partial charge in [0.15, 0.2) is 0 Å². The van der Waals surface area contributed by atoms with E-state index in [9.17, 15) is 9.18 Å². The summed E-state index contributed by atoms with van der Waals surface area (Å²) in [4.78, 5) is 16.3. The Hall–Kier alpha value is -1.63.